The van der Waals surface area contributed by atoms with E-state index in [0.29, 0.717) is 31.7 Å². The van der Waals surface area contributed by atoms with Crippen molar-refractivity contribution in [3.63, 3.8) is 0 Å². The van der Waals surface area contributed by atoms with Crippen molar-refractivity contribution in [1.82, 2.24) is 9.47 Å². The SMILES string of the molecule is CC(=O)N1CCC(c2cc(=O)c3cc(F)c4oc(=O)n(C)c4c3o2)CC1. The zero-order valence-corrected chi connectivity index (χ0v) is 14.4. The molecule has 3 aromatic rings. The molecule has 0 atom stereocenters. The molecule has 0 N–H and O–H groups in total. The molecular formula is C18H17FN2O5. The van der Waals surface area contributed by atoms with Gasteiger partial charge in [0, 0.05) is 39.0 Å². The molecule has 7 nitrogen and oxygen atoms in total. The fraction of sp³-hybridized carbons (Fsp3) is 0.389. The number of likely N-dealkylation sites (tertiary alicyclic amines) is 1. The van der Waals surface area contributed by atoms with E-state index >= 15 is 0 Å². The van der Waals surface area contributed by atoms with Crippen LogP contribution < -0.4 is 11.2 Å². The van der Waals surface area contributed by atoms with E-state index in [2.05, 4.69) is 0 Å². The summed E-state index contributed by atoms with van der Waals surface area (Å²) in [6, 6.07) is 2.41. The number of amides is 1. The molecule has 1 fully saturated rings. The second-order valence-electron chi connectivity index (χ2n) is 6.63. The smallest absolute Gasteiger partial charge is 0.419 e. The number of benzene rings is 1. The van der Waals surface area contributed by atoms with E-state index < -0.39 is 11.6 Å². The molecule has 0 aliphatic carbocycles. The average Bonchev–Trinajstić information content (AvgIpc) is 2.92. The Morgan fingerprint density at radius 1 is 1.15 bits per heavy atom. The molecule has 0 bridgehead atoms. The second kappa shape index (κ2) is 5.82. The predicted molar refractivity (Wildman–Crippen MR) is 91.7 cm³/mol. The summed E-state index contributed by atoms with van der Waals surface area (Å²) in [4.78, 5) is 37.5. The minimum atomic E-state index is -0.778. The van der Waals surface area contributed by atoms with Gasteiger partial charge in [0.15, 0.2) is 22.4 Å². The number of halogens is 1. The fourth-order valence-electron chi connectivity index (χ4n) is 3.57. The molecule has 3 heterocycles. The molecule has 4 rings (SSSR count). The number of piperidine rings is 1. The Morgan fingerprint density at radius 2 is 1.85 bits per heavy atom. The highest BCUT2D eigenvalue weighted by Crippen LogP contribution is 2.32. The summed E-state index contributed by atoms with van der Waals surface area (Å²) < 4.78 is 26.2. The zero-order chi connectivity index (χ0) is 18.6. The van der Waals surface area contributed by atoms with Crippen LogP contribution in [0.2, 0.25) is 0 Å². The molecular weight excluding hydrogens is 343 g/mol. The summed E-state index contributed by atoms with van der Waals surface area (Å²) in [7, 11) is 1.44. The van der Waals surface area contributed by atoms with Crippen LogP contribution >= 0.6 is 0 Å². The molecule has 1 aliphatic rings. The first kappa shape index (κ1) is 16.6. The maximum Gasteiger partial charge on any atom is 0.419 e. The number of hydrogen-bond donors (Lipinski definition) is 0. The van der Waals surface area contributed by atoms with Gasteiger partial charge in [-0.15, -0.1) is 0 Å². The van der Waals surface area contributed by atoms with Crippen LogP contribution in [0.5, 0.6) is 0 Å². The standard InChI is InChI=1S/C18H17FN2O5/c1-9(22)21-5-3-10(4-6-21)14-8-13(23)11-7-12(19)17-15(16(11)25-14)20(2)18(24)26-17/h7-8,10H,3-6H2,1-2H3. The lowest BCUT2D eigenvalue weighted by atomic mass is 9.93. The third-order valence-corrected chi connectivity index (χ3v) is 5.06. The Balaban J connectivity index is 1.87. The molecule has 2 aromatic heterocycles. The maximum absolute atomic E-state index is 14.2. The summed E-state index contributed by atoms with van der Waals surface area (Å²) in [5, 5.41) is 0.0660. The third kappa shape index (κ3) is 2.44. The molecule has 136 valence electrons. The van der Waals surface area contributed by atoms with Gasteiger partial charge >= 0.3 is 5.76 Å². The lowest BCUT2D eigenvalue weighted by Crippen LogP contribution is -2.36. The lowest BCUT2D eigenvalue weighted by Gasteiger charge is -2.30. The van der Waals surface area contributed by atoms with Crippen LogP contribution in [0.25, 0.3) is 22.1 Å². The Morgan fingerprint density at radius 3 is 2.50 bits per heavy atom. The van der Waals surface area contributed by atoms with Crippen molar-refractivity contribution in [2.75, 3.05) is 13.1 Å². The van der Waals surface area contributed by atoms with E-state index in [1.54, 1.807) is 4.90 Å². The highest BCUT2D eigenvalue weighted by molar-refractivity contribution is 5.99. The topological polar surface area (TPSA) is 85.7 Å². The Hall–Kier alpha value is -2.90. The molecule has 26 heavy (non-hydrogen) atoms. The Bertz CT molecular complexity index is 1150. The van der Waals surface area contributed by atoms with E-state index in [0.717, 1.165) is 10.6 Å². The van der Waals surface area contributed by atoms with Gasteiger partial charge in [-0.1, -0.05) is 0 Å². The van der Waals surface area contributed by atoms with E-state index in [1.807, 2.05) is 0 Å². The molecule has 1 amide bonds. The van der Waals surface area contributed by atoms with Gasteiger partial charge in [-0.25, -0.2) is 9.18 Å². The fourth-order valence-corrected chi connectivity index (χ4v) is 3.57. The van der Waals surface area contributed by atoms with E-state index in [4.69, 9.17) is 8.83 Å². The minimum absolute atomic E-state index is 0.0215. The monoisotopic (exact) mass is 360 g/mol. The van der Waals surface area contributed by atoms with Crippen molar-refractivity contribution in [3.05, 3.63) is 44.5 Å². The van der Waals surface area contributed by atoms with Crippen molar-refractivity contribution in [2.45, 2.75) is 25.7 Å². The summed E-state index contributed by atoms with van der Waals surface area (Å²) in [6.45, 7) is 2.71. The van der Waals surface area contributed by atoms with Crippen molar-refractivity contribution < 1.29 is 18.0 Å². The van der Waals surface area contributed by atoms with Crippen LogP contribution in [0.3, 0.4) is 0 Å². The lowest BCUT2D eigenvalue weighted by molar-refractivity contribution is -0.129. The number of aromatic nitrogens is 1. The van der Waals surface area contributed by atoms with Gasteiger partial charge < -0.3 is 13.7 Å². The predicted octanol–water partition coefficient (Wildman–Crippen LogP) is 2.10. The maximum atomic E-state index is 14.2. The summed E-state index contributed by atoms with van der Waals surface area (Å²) >= 11 is 0. The molecule has 1 aromatic carbocycles. The first-order valence-corrected chi connectivity index (χ1v) is 8.38. The molecule has 8 heteroatoms. The number of carbonyl (C=O) groups excluding carboxylic acids is 1. The quantitative estimate of drug-likeness (QED) is 0.663. The highest BCUT2D eigenvalue weighted by Gasteiger charge is 2.26. The highest BCUT2D eigenvalue weighted by atomic mass is 19.1. The van der Waals surface area contributed by atoms with Crippen LogP contribution in [0.1, 0.15) is 31.4 Å². The van der Waals surface area contributed by atoms with Gasteiger partial charge in [0.05, 0.1) is 5.39 Å². The Labute approximate surface area is 146 Å². The van der Waals surface area contributed by atoms with Gasteiger partial charge in [0.25, 0.3) is 0 Å². The number of rotatable bonds is 1. The normalized spacial score (nSPS) is 15.9. The van der Waals surface area contributed by atoms with Crippen molar-refractivity contribution in [3.8, 4) is 0 Å². The molecule has 0 spiro atoms. The van der Waals surface area contributed by atoms with Gasteiger partial charge in [-0.05, 0) is 18.9 Å². The molecule has 1 aliphatic heterocycles. The number of fused-ring (bicyclic) bond motifs is 3. The van der Waals surface area contributed by atoms with Crippen LogP contribution in [0.4, 0.5) is 4.39 Å². The van der Waals surface area contributed by atoms with Gasteiger partial charge in [0.2, 0.25) is 5.91 Å². The van der Waals surface area contributed by atoms with Crippen molar-refractivity contribution in [1.29, 1.82) is 0 Å². The summed E-state index contributed by atoms with van der Waals surface area (Å²) in [5.74, 6) is -1.03. The number of hydrogen-bond acceptors (Lipinski definition) is 5. The Kier molecular flexibility index (Phi) is 3.71. The van der Waals surface area contributed by atoms with Gasteiger partial charge in [-0.2, -0.15) is 0 Å². The van der Waals surface area contributed by atoms with Crippen LogP contribution in [0.15, 0.2) is 30.6 Å². The van der Waals surface area contributed by atoms with Crippen molar-refractivity contribution in [2.24, 2.45) is 7.05 Å². The van der Waals surface area contributed by atoms with Gasteiger partial charge in [-0.3, -0.25) is 14.2 Å². The summed E-state index contributed by atoms with van der Waals surface area (Å²) in [5.41, 5.74) is -0.322. The molecule has 1 saturated heterocycles. The first-order valence-electron chi connectivity index (χ1n) is 8.38. The largest absolute Gasteiger partial charge is 0.458 e. The zero-order valence-electron chi connectivity index (χ0n) is 14.4. The van der Waals surface area contributed by atoms with Crippen molar-refractivity contribution >= 4 is 28.0 Å². The average molecular weight is 360 g/mol. The molecule has 0 saturated carbocycles. The minimum Gasteiger partial charge on any atom is -0.458 e. The number of oxazole rings is 1. The van der Waals surface area contributed by atoms with Crippen LogP contribution in [-0.2, 0) is 11.8 Å². The van der Waals surface area contributed by atoms with E-state index in [1.165, 1.54) is 20.0 Å². The first-order chi connectivity index (χ1) is 12.4. The van der Waals surface area contributed by atoms with Crippen LogP contribution in [0, 0.1) is 5.82 Å². The number of aryl methyl sites for hydroxylation is 1. The molecule has 0 radical (unpaired) electrons. The van der Waals surface area contributed by atoms with E-state index in [-0.39, 0.29) is 39.3 Å². The third-order valence-electron chi connectivity index (χ3n) is 5.06. The number of nitrogens with zero attached hydrogens (tertiary/aromatic N) is 2. The summed E-state index contributed by atoms with van der Waals surface area (Å²) in [6.07, 6.45) is 1.34. The van der Waals surface area contributed by atoms with Gasteiger partial charge in [0.1, 0.15) is 11.3 Å². The van der Waals surface area contributed by atoms with E-state index in [9.17, 15) is 18.8 Å². The molecule has 0 unspecified atom stereocenters. The number of carbonyl (C=O) groups is 1. The second-order valence-corrected chi connectivity index (χ2v) is 6.63. The van der Waals surface area contributed by atoms with Crippen LogP contribution in [-0.4, -0.2) is 28.5 Å².